The fraction of sp³-hybridized carbons (Fsp3) is 0.462. The average molecular weight is 336 g/mol. The minimum Gasteiger partial charge on any atom is -0.351 e. The van der Waals surface area contributed by atoms with Gasteiger partial charge in [0.15, 0.2) is 0 Å². The van der Waals surface area contributed by atoms with Crippen LogP contribution in [-0.4, -0.2) is 44.8 Å². The van der Waals surface area contributed by atoms with E-state index in [1.54, 1.807) is 13.8 Å². The predicted octanol–water partition coefficient (Wildman–Crippen LogP) is 0.826. The Hall–Kier alpha value is -1.15. The van der Waals surface area contributed by atoms with E-state index in [2.05, 4.69) is 5.32 Å². The molecule has 0 aromatic heterocycles. The molecule has 0 saturated carbocycles. The van der Waals surface area contributed by atoms with Crippen molar-refractivity contribution in [3.05, 3.63) is 29.8 Å². The SMILES string of the molecule is CC(C)N(C)S(=O)(=O)c1ccc(C(=O)NCCN)cc1.Cl. The fourth-order valence-corrected chi connectivity index (χ4v) is 2.88. The summed E-state index contributed by atoms with van der Waals surface area (Å²) >= 11 is 0. The van der Waals surface area contributed by atoms with Crippen molar-refractivity contribution in [1.82, 2.24) is 9.62 Å². The third kappa shape index (κ3) is 4.96. The number of halogens is 1. The average Bonchev–Trinajstić information content (AvgIpc) is 2.43. The molecule has 6 nitrogen and oxygen atoms in total. The van der Waals surface area contributed by atoms with Gasteiger partial charge in [-0.1, -0.05) is 0 Å². The molecule has 1 amide bonds. The lowest BCUT2D eigenvalue weighted by Gasteiger charge is -2.21. The van der Waals surface area contributed by atoms with E-state index < -0.39 is 10.0 Å². The zero-order chi connectivity index (χ0) is 15.3. The molecule has 0 radical (unpaired) electrons. The van der Waals surface area contributed by atoms with E-state index in [0.717, 1.165) is 0 Å². The number of carbonyl (C=O) groups is 1. The van der Waals surface area contributed by atoms with Crippen molar-refractivity contribution in [2.24, 2.45) is 5.73 Å². The van der Waals surface area contributed by atoms with Gasteiger partial charge in [0, 0.05) is 31.7 Å². The van der Waals surface area contributed by atoms with E-state index in [4.69, 9.17) is 5.73 Å². The number of hydrogen-bond donors (Lipinski definition) is 2. The van der Waals surface area contributed by atoms with Crippen molar-refractivity contribution >= 4 is 28.3 Å². The second-order valence-corrected chi connectivity index (χ2v) is 6.68. The molecule has 0 bridgehead atoms. The number of nitrogens with zero attached hydrogens (tertiary/aromatic N) is 1. The zero-order valence-corrected chi connectivity index (χ0v) is 14.0. The maximum absolute atomic E-state index is 12.2. The van der Waals surface area contributed by atoms with Gasteiger partial charge in [-0.25, -0.2) is 8.42 Å². The van der Waals surface area contributed by atoms with Crippen LogP contribution in [0, 0.1) is 0 Å². The highest BCUT2D eigenvalue weighted by atomic mass is 35.5. The van der Waals surface area contributed by atoms with Gasteiger partial charge >= 0.3 is 0 Å². The lowest BCUT2D eigenvalue weighted by atomic mass is 10.2. The van der Waals surface area contributed by atoms with Gasteiger partial charge in [0.05, 0.1) is 4.90 Å². The van der Waals surface area contributed by atoms with E-state index in [0.29, 0.717) is 18.7 Å². The van der Waals surface area contributed by atoms with Gasteiger partial charge in [0.2, 0.25) is 10.0 Å². The van der Waals surface area contributed by atoms with Crippen LogP contribution in [-0.2, 0) is 10.0 Å². The Bertz CT molecular complexity index is 559. The van der Waals surface area contributed by atoms with Gasteiger partial charge in [-0.15, -0.1) is 12.4 Å². The molecule has 8 heteroatoms. The molecule has 1 rings (SSSR count). The summed E-state index contributed by atoms with van der Waals surface area (Å²) in [4.78, 5) is 11.9. The lowest BCUT2D eigenvalue weighted by molar-refractivity contribution is 0.0954. The summed E-state index contributed by atoms with van der Waals surface area (Å²) < 4.78 is 25.8. The quantitative estimate of drug-likeness (QED) is 0.805. The summed E-state index contributed by atoms with van der Waals surface area (Å²) in [7, 11) is -1.99. The Balaban J connectivity index is 0.00000400. The first kappa shape index (κ1) is 19.9. The molecule has 0 aliphatic rings. The second-order valence-electron chi connectivity index (χ2n) is 4.68. The number of nitrogens with one attached hydrogen (secondary N) is 1. The highest BCUT2D eigenvalue weighted by Gasteiger charge is 2.23. The maximum Gasteiger partial charge on any atom is 0.251 e. The predicted molar refractivity (Wildman–Crippen MR) is 85.2 cm³/mol. The van der Waals surface area contributed by atoms with Crippen LogP contribution in [0.5, 0.6) is 0 Å². The van der Waals surface area contributed by atoms with Crippen molar-refractivity contribution < 1.29 is 13.2 Å². The first-order valence-corrected chi connectivity index (χ1v) is 7.81. The van der Waals surface area contributed by atoms with Crippen LogP contribution in [0.15, 0.2) is 29.2 Å². The van der Waals surface area contributed by atoms with E-state index >= 15 is 0 Å². The Morgan fingerprint density at radius 2 is 1.81 bits per heavy atom. The van der Waals surface area contributed by atoms with Crippen LogP contribution in [0.25, 0.3) is 0 Å². The molecule has 21 heavy (non-hydrogen) atoms. The molecule has 0 fully saturated rings. The number of rotatable bonds is 6. The Kier molecular flexibility index (Phi) is 7.87. The molecule has 0 heterocycles. The standard InChI is InChI=1S/C13H21N3O3S.ClH/c1-10(2)16(3)20(18,19)12-6-4-11(5-7-12)13(17)15-9-8-14;/h4-7,10H,8-9,14H2,1-3H3,(H,15,17);1H. The third-order valence-corrected chi connectivity index (χ3v) is 5.00. The van der Waals surface area contributed by atoms with E-state index in [-0.39, 0.29) is 29.3 Å². The number of benzene rings is 1. The minimum atomic E-state index is -3.52. The molecule has 120 valence electrons. The van der Waals surface area contributed by atoms with Crippen LogP contribution in [0.4, 0.5) is 0 Å². The molecule has 0 aliphatic carbocycles. The Morgan fingerprint density at radius 3 is 2.24 bits per heavy atom. The molecule has 0 unspecified atom stereocenters. The van der Waals surface area contributed by atoms with Gasteiger partial charge in [0.1, 0.15) is 0 Å². The van der Waals surface area contributed by atoms with E-state index in [1.165, 1.54) is 35.6 Å². The minimum absolute atomic E-state index is 0. The first-order chi connectivity index (χ1) is 9.30. The van der Waals surface area contributed by atoms with E-state index in [1.807, 2.05) is 0 Å². The van der Waals surface area contributed by atoms with Gasteiger partial charge < -0.3 is 11.1 Å². The van der Waals surface area contributed by atoms with Crippen molar-refractivity contribution in [2.45, 2.75) is 24.8 Å². The van der Waals surface area contributed by atoms with Crippen LogP contribution in [0.1, 0.15) is 24.2 Å². The summed E-state index contributed by atoms with van der Waals surface area (Å²) in [5, 5.41) is 2.62. The smallest absolute Gasteiger partial charge is 0.251 e. The van der Waals surface area contributed by atoms with Gasteiger partial charge in [-0.2, -0.15) is 4.31 Å². The molecule has 0 atom stereocenters. The number of amides is 1. The summed E-state index contributed by atoms with van der Waals surface area (Å²) in [6, 6.07) is 5.73. The van der Waals surface area contributed by atoms with Gasteiger partial charge in [-0.05, 0) is 38.1 Å². The lowest BCUT2D eigenvalue weighted by Crippen LogP contribution is -2.33. The summed E-state index contributed by atoms with van der Waals surface area (Å²) in [5.74, 6) is -0.267. The first-order valence-electron chi connectivity index (χ1n) is 6.37. The highest BCUT2D eigenvalue weighted by molar-refractivity contribution is 7.89. The van der Waals surface area contributed by atoms with Crippen molar-refractivity contribution in [3.63, 3.8) is 0 Å². The molecule has 0 spiro atoms. The van der Waals surface area contributed by atoms with E-state index in [9.17, 15) is 13.2 Å². The summed E-state index contributed by atoms with van der Waals surface area (Å²) in [6.45, 7) is 4.34. The number of nitrogens with two attached hydrogens (primary N) is 1. The summed E-state index contributed by atoms with van der Waals surface area (Å²) in [6.07, 6.45) is 0. The number of hydrogen-bond acceptors (Lipinski definition) is 4. The van der Waals surface area contributed by atoms with Crippen LogP contribution in [0.3, 0.4) is 0 Å². The topological polar surface area (TPSA) is 92.5 Å². The fourth-order valence-electron chi connectivity index (χ4n) is 1.51. The van der Waals surface area contributed by atoms with Crippen molar-refractivity contribution in [2.75, 3.05) is 20.1 Å². The van der Waals surface area contributed by atoms with Crippen molar-refractivity contribution in [3.8, 4) is 0 Å². The largest absolute Gasteiger partial charge is 0.351 e. The third-order valence-electron chi connectivity index (χ3n) is 2.95. The Morgan fingerprint density at radius 1 is 1.29 bits per heavy atom. The molecule has 3 N–H and O–H groups in total. The monoisotopic (exact) mass is 335 g/mol. The number of sulfonamides is 1. The zero-order valence-electron chi connectivity index (χ0n) is 12.4. The summed E-state index contributed by atoms with van der Waals surface area (Å²) in [5.41, 5.74) is 5.71. The molecular weight excluding hydrogens is 314 g/mol. The van der Waals surface area contributed by atoms with Crippen LogP contribution < -0.4 is 11.1 Å². The molecule has 1 aromatic rings. The molecule has 1 aromatic carbocycles. The molecule has 0 aliphatic heterocycles. The number of carbonyl (C=O) groups excluding carboxylic acids is 1. The normalized spacial score (nSPS) is 11.3. The van der Waals surface area contributed by atoms with Crippen LogP contribution >= 0.6 is 12.4 Å². The van der Waals surface area contributed by atoms with Crippen molar-refractivity contribution in [1.29, 1.82) is 0 Å². The Labute approximate surface area is 132 Å². The second kappa shape index (κ2) is 8.33. The van der Waals surface area contributed by atoms with Gasteiger partial charge in [0.25, 0.3) is 5.91 Å². The molecule has 0 saturated heterocycles. The van der Waals surface area contributed by atoms with Crippen LogP contribution in [0.2, 0.25) is 0 Å². The molecular formula is C13H22ClN3O3S. The maximum atomic E-state index is 12.2. The highest BCUT2D eigenvalue weighted by Crippen LogP contribution is 2.17. The van der Waals surface area contributed by atoms with Gasteiger partial charge in [-0.3, -0.25) is 4.79 Å².